The van der Waals surface area contributed by atoms with Crippen LogP contribution in [-0.4, -0.2) is 35.9 Å². The van der Waals surface area contributed by atoms with Gasteiger partial charge in [0.15, 0.2) is 0 Å². The number of methoxy groups -OCH3 is 1. The van der Waals surface area contributed by atoms with Crippen molar-refractivity contribution >= 4 is 11.9 Å². The summed E-state index contributed by atoms with van der Waals surface area (Å²) in [7, 11) is 1.49. The lowest BCUT2D eigenvalue weighted by molar-refractivity contribution is -0.167. The summed E-state index contributed by atoms with van der Waals surface area (Å²) in [6, 6.07) is 0. The van der Waals surface area contributed by atoms with Gasteiger partial charge < -0.3 is 14.9 Å². The first-order valence-corrected chi connectivity index (χ1v) is 5.50. The highest BCUT2D eigenvalue weighted by Gasteiger charge is 2.50. The molecule has 1 saturated carbocycles. The summed E-state index contributed by atoms with van der Waals surface area (Å²) in [6.45, 7) is 0.288. The average Bonchev–Trinajstić information content (AvgIpc) is 2.26. The molecule has 5 nitrogen and oxygen atoms in total. The van der Waals surface area contributed by atoms with Crippen molar-refractivity contribution in [3.8, 4) is 0 Å². The number of carbonyl (C=O) groups is 2. The van der Waals surface area contributed by atoms with Crippen molar-refractivity contribution in [3.05, 3.63) is 0 Å². The van der Waals surface area contributed by atoms with Crippen molar-refractivity contribution in [2.75, 3.05) is 13.7 Å². The van der Waals surface area contributed by atoms with Crippen LogP contribution in [0.5, 0.6) is 0 Å². The first-order valence-electron chi connectivity index (χ1n) is 5.50. The van der Waals surface area contributed by atoms with Crippen LogP contribution in [0.25, 0.3) is 0 Å². The quantitative estimate of drug-likeness (QED) is 0.745. The van der Waals surface area contributed by atoms with Gasteiger partial charge in [0.25, 0.3) is 0 Å². The van der Waals surface area contributed by atoms with Crippen LogP contribution in [0.2, 0.25) is 0 Å². The molecule has 92 valence electrons. The largest absolute Gasteiger partial charge is 0.481 e. The Morgan fingerprint density at radius 3 is 2.56 bits per heavy atom. The number of ether oxygens (including phenoxy) is 1. The molecule has 1 fully saturated rings. The van der Waals surface area contributed by atoms with E-state index >= 15 is 0 Å². The van der Waals surface area contributed by atoms with E-state index in [1.54, 1.807) is 0 Å². The Hall–Kier alpha value is -1.10. The molecule has 2 unspecified atom stereocenters. The Bertz CT molecular complexity index is 276. The minimum absolute atomic E-state index is 0.274. The van der Waals surface area contributed by atoms with Crippen molar-refractivity contribution in [3.63, 3.8) is 0 Å². The lowest BCUT2D eigenvalue weighted by atomic mass is 9.64. The Balaban J connectivity index is 2.93. The molecular weight excluding hydrogens is 212 g/mol. The van der Waals surface area contributed by atoms with E-state index in [9.17, 15) is 14.7 Å². The molecule has 0 radical (unpaired) electrons. The van der Waals surface area contributed by atoms with Crippen LogP contribution in [0.3, 0.4) is 0 Å². The van der Waals surface area contributed by atoms with Crippen molar-refractivity contribution < 1.29 is 24.5 Å². The standard InChI is InChI=1S/C11H18O5/c1-16-7-6-11(10(14)15)5-3-2-4-8(11)9(12)13/h8H,2-7H2,1H3,(H,12,13)(H,14,15). The summed E-state index contributed by atoms with van der Waals surface area (Å²) in [5.41, 5.74) is -1.14. The minimum atomic E-state index is -1.14. The molecule has 16 heavy (non-hydrogen) atoms. The van der Waals surface area contributed by atoms with Crippen molar-refractivity contribution in [2.45, 2.75) is 32.1 Å². The van der Waals surface area contributed by atoms with Gasteiger partial charge in [0.05, 0.1) is 11.3 Å². The number of hydrogen-bond acceptors (Lipinski definition) is 3. The molecule has 0 aromatic carbocycles. The van der Waals surface area contributed by atoms with Crippen molar-refractivity contribution in [1.29, 1.82) is 0 Å². The number of hydrogen-bond donors (Lipinski definition) is 2. The van der Waals surface area contributed by atoms with Gasteiger partial charge in [-0.1, -0.05) is 12.8 Å². The molecule has 0 bridgehead atoms. The maximum atomic E-state index is 11.4. The Morgan fingerprint density at radius 1 is 1.38 bits per heavy atom. The summed E-state index contributed by atoms with van der Waals surface area (Å²) in [5, 5.41) is 18.4. The van der Waals surface area contributed by atoms with Crippen LogP contribution in [0, 0.1) is 11.3 Å². The molecule has 1 aliphatic carbocycles. The SMILES string of the molecule is COCCC1(C(=O)O)CCCCC1C(=O)O. The molecule has 0 saturated heterocycles. The minimum Gasteiger partial charge on any atom is -0.481 e. The summed E-state index contributed by atoms with van der Waals surface area (Å²) in [4.78, 5) is 22.5. The smallest absolute Gasteiger partial charge is 0.310 e. The lowest BCUT2D eigenvalue weighted by Gasteiger charge is -2.38. The first-order chi connectivity index (χ1) is 7.54. The van der Waals surface area contributed by atoms with E-state index in [0.29, 0.717) is 12.8 Å². The molecule has 2 N–H and O–H groups in total. The molecule has 0 heterocycles. The zero-order chi connectivity index (χ0) is 12.2. The van der Waals surface area contributed by atoms with E-state index in [4.69, 9.17) is 9.84 Å². The van der Waals surface area contributed by atoms with E-state index in [-0.39, 0.29) is 13.0 Å². The molecular formula is C11H18O5. The van der Waals surface area contributed by atoms with Crippen LogP contribution >= 0.6 is 0 Å². The van der Waals surface area contributed by atoms with Gasteiger partial charge in [-0.05, 0) is 19.3 Å². The second kappa shape index (κ2) is 5.30. The summed E-state index contributed by atoms with van der Waals surface area (Å²) < 4.78 is 4.89. The third kappa shape index (κ3) is 2.35. The summed E-state index contributed by atoms with van der Waals surface area (Å²) in [5.74, 6) is -2.79. The summed E-state index contributed by atoms with van der Waals surface area (Å²) >= 11 is 0. The maximum Gasteiger partial charge on any atom is 0.310 e. The average molecular weight is 230 g/mol. The second-order valence-electron chi connectivity index (χ2n) is 4.34. The molecule has 0 amide bonds. The van der Waals surface area contributed by atoms with Crippen LogP contribution in [0.4, 0.5) is 0 Å². The Labute approximate surface area is 94.4 Å². The predicted octanol–water partition coefficient (Wildman–Crippen LogP) is 1.37. The zero-order valence-corrected chi connectivity index (χ0v) is 9.44. The highest BCUT2D eigenvalue weighted by atomic mass is 16.5. The third-order valence-corrected chi connectivity index (χ3v) is 3.51. The molecule has 5 heteroatoms. The fourth-order valence-corrected chi connectivity index (χ4v) is 2.55. The third-order valence-electron chi connectivity index (χ3n) is 3.51. The van der Waals surface area contributed by atoms with E-state index < -0.39 is 23.3 Å². The van der Waals surface area contributed by atoms with Crippen molar-refractivity contribution in [1.82, 2.24) is 0 Å². The van der Waals surface area contributed by atoms with Crippen LogP contribution < -0.4 is 0 Å². The van der Waals surface area contributed by atoms with Crippen LogP contribution in [0.1, 0.15) is 32.1 Å². The molecule has 0 spiro atoms. The van der Waals surface area contributed by atoms with Gasteiger partial charge >= 0.3 is 11.9 Å². The zero-order valence-electron chi connectivity index (χ0n) is 9.44. The maximum absolute atomic E-state index is 11.4. The fraction of sp³-hybridized carbons (Fsp3) is 0.818. The fourth-order valence-electron chi connectivity index (χ4n) is 2.55. The summed E-state index contributed by atoms with van der Waals surface area (Å²) in [6.07, 6.45) is 2.72. The number of aliphatic carboxylic acids is 2. The first kappa shape index (κ1) is 13.0. The van der Waals surface area contributed by atoms with E-state index in [2.05, 4.69) is 0 Å². The Morgan fingerprint density at radius 2 is 2.06 bits per heavy atom. The highest BCUT2D eigenvalue weighted by Crippen LogP contribution is 2.44. The van der Waals surface area contributed by atoms with E-state index in [0.717, 1.165) is 12.8 Å². The number of carboxylic acids is 2. The van der Waals surface area contributed by atoms with E-state index in [1.807, 2.05) is 0 Å². The Kier molecular flexibility index (Phi) is 4.29. The second-order valence-corrected chi connectivity index (χ2v) is 4.34. The van der Waals surface area contributed by atoms with Gasteiger partial charge in [0.1, 0.15) is 0 Å². The monoisotopic (exact) mass is 230 g/mol. The van der Waals surface area contributed by atoms with Crippen LogP contribution in [-0.2, 0) is 14.3 Å². The van der Waals surface area contributed by atoms with Gasteiger partial charge in [0, 0.05) is 13.7 Å². The van der Waals surface area contributed by atoms with Gasteiger partial charge in [-0.15, -0.1) is 0 Å². The number of carboxylic acid groups (broad SMARTS) is 2. The number of rotatable bonds is 5. The van der Waals surface area contributed by atoms with Gasteiger partial charge in [-0.2, -0.15) is 0 Å². The molecule has 2 atom stereocenters. The highest BCUT2D eigenvalue weighted by molar-refractivity contribution is 5.83. The molecule has 0 aromatic heterocycles. The van der Waals surface area contributed by atoms with Crippen molar-refractivity contribution in [2.24, 2.45) is 11.3 Å². The van der Waals surface area contributed by atoms with Gasteiger partial charge in [-0.3, -0.25) is 9.59 Å². The van der Waals surface area contributed by atoms with Gasteiger partial charge in [0.2, 0.25) is 0 Å². The normalized spacial score (nSPS) is 29.9. The lowest BCUT2D eigenvalue weighted by Crippen LogP contribution is -2.45. The molecule has 0 aromatic rings. The molecule has 1 rings (SSSR count). The predicted molar refractivity (Wildman–Crippen MR) is 56.2 cm³/mol. The molecule has 0 aliphatic heterocycles. The van der Waals surface area contributed by atoms with Crippen LogP contribution in [0.15, 0.2) is 0 Å². The van der Waals surface area contributed by atoms with Gasteiger partial charge in [-0.25, -0.2) is 0 Å². The van der Waals surface area contributed by atoms with E-state index in [1.165, 1.54) is 7.11 Å². The topological polar surface area (TPSA) is 83.8 Å². The molecule has 1 aliphatic rings.